The molecule has 136 valence electrons. The van der Waals surface area contributed by atoms with Gasteiger partial charge in [0, 0.05) is 15.4 Å². The van der Waals surface area contributed by atoms with Crippen LogP contribution >= 0.6 is 15.9 Å². The van der Waals surface area contributed by atoms with E-state index in [9.17, 15) is 13.6 Å². The normalized spacial score (nSPS) is 13.0. The van der Waals surface area contributed by atoms with E-state index in [-0.39, 0.29) is 23.4 Å². The second kappa shape index (κ2) is 5.78. The molecule has 5 rings (SSSR count). The molecule has 4 aromatic rings. The first-order valence-corrected chi connectivity index (χ1v) is 8.75. The van der Waals surface area contributed by atoms with Gasteiger partial charge < -0.3 is 14.5 Å². The highest BCUT2D eigenvalue weighted by Crippen LogP contribution is 2.39. The van der Waals surface area contributed by atoms with Crippen molar-refractivity contribution in [1.29, 1.82) is 0 Å². The summed E-state index contributed by atoms with van der Waals surface area (Å²) in [6, 6.07) is 5.79. The number of ether oxygens (including phenoxy) is 2. The number of halogens is 3. The topological polar surface area (TPSA) is 69.1 Å². The van der Waals surface area contributed by atoms with Crippen LogP contribution in [0.1, 0.15) is 5.56 Å². The first-order chi connectivity index (χ1) is 13.0. The number of H-pyrrole nitrogens is 1. The van der Waals surface area contributed by atoms with E-state index in [0.29, 0.717) is 33.4 Å². The molecule has 0 atom stereocenters. The molecule has 0 saturated carbocycles. The molecule has 27 heavy (non-hydrogen) atoms. The minimum atomic E-state index is -0.737. The quantitative estimate of drug-likeness (QED) is 0.523. The number of benzene rings is 2. The van der Waals surface area contributed by atoms with Gasteiger partial charge in [-0.25, -0.2) is 18.6 Å². The molecule has 0 amide bonds. The maximum Gasteiger partial charge on any atom is 0.326 e. The van der Waals surface area contributed by atoms with Crippen molar-refractivity contribution in [3.05, 3.63) is 62.6 Å². The highest BCUT2D eigenvalue weighted by Gasteiger charge is 2.22. The fraction of sp³-hybridized carbons (Fsp3) is 0.111. The summed E-state index contributed by atoms with van der Waals surface area (Å²) >= 11 is 3.05. The molecular weight excluding hydrogens is 424 g/mol. The lowest BCUT2D eigenvalue weighted by Crippen LogP contribution is -2.19. The van der Waals surface area contributed by atoms with E-state index < -0.39 is 17.3 Å². The number of aromatic nitrogens is 3. The van der Waals surface area contributed by atoms with E-state index in [0.717, 1.165) is 12.1 Å². The highest BCUT2D eigenvalue weighted by atomic mass is 79.9. The SMILES string of the molecule is O=c1[nH]c2cnc3c4c(ccc3c2n1Cc1c(F)cc(Br)cc1F)OCO4. The molecule has 0 fully saturated rings. The van der Waals surface area contributed by atoms with E-state index in [1.807, 2.05) is 0 Å². The van der Waals surface area contributed by atoms with Gasteiger partial charge in [0.05, 0.1) is 23.8 Å². The van der Waals surface area contributed by atoms with Crippen molar-refractivity contribution < 1.29 is 18.3 Å². The minimum Gasteiger partial charge on any atom is -0.454 e. The second-order valence-electron chi connectivity index (χ2n) is 6.08. The summed E-state index contributed by atoms with van der Waals surface area (Å²) in [5, 5.41) is 0.619. The number of nitrogens with one attached hydrogen (secondary N) is 1. The van der Waals surface area contributed by atoms with Crippen molar-refractivity contribution in [3.8, 4) is 11.5 Å². The summed E-state index contributed by atoms with van der Waals surface area (Å²) in [6.45, 7) is -0.180. The smallest absolute Gasteiger partial charge is 0.326 e. The minimum absolute atomic E-state index is 0.0867. The van der Waals surface area contributed by atoms with Crippen LogP contribution in [0.15, 0.2) is 39.7 Å². The maximum absolute atomic E-state index is 14.3. The van der Waals surface area contributed by atoms with Gasteiger partial charge in [0.25, 0.3) is 0 Å². The van der Waals surface area contributed by atoms with Gasteiger partial charge in [-0.05, 0) is 24.3 Å². The summed E-state index contributed by atoms with van der Waals surface area (Å²) in [5.41, 5.74) is 0.780. The van der Waals surface area contributed by atoms with Crippen LogP contribution in [0.2, 0.25) is 0 Å². The molecule has 6 nitrogen and oxygen atoms in total. The van der Waals surface area contributed by atoms with Gasteiger partial charge in [-0.15, -0.1) is 0 Å². The van der Waals surface area contributed by atoms with Gasteiger partial charge in [-0.1, -0.05) is 15.9 Å². The Morgan fingerprint density at radius 1 is 1.22 bits per heavy atom. The molecule has 2 aromatic carbocycles. The van der Waals surface area contributed by atoms with Gasteiger partial charge >= 0.3 is 5.69 Å². The van der Waals surface area contributed by atoms with E-state index in [1.54, 1.807) is 12.1 Å². The fourth-order valence-electron chi connectivity index (χ4n) is 3.31. The average Bonchev–Trinajstić information content (AvgIpc) is 3.21. The molecule has 3 heterocycles. The summed E-state index contributed by atoms with van der Waals surface area (Å²) in [6.07, 6.45) is 1.49. The van der Waals surface area contributed by atoms with E-state index in [1.165, 1.54) is 10.8 Å². The van der Waals surface area contributed by atoms with Crippen LogP contribution in [0, 0.1) is 11.6 Å². The van der Waals surface area contributed by atoms with Crippen LogP contribution in [0.4, 0.5) is 8.78 Å². The number of aromatic amines is 1. The van der Waals surface area contributed by atoms with Crippen molar-refractivity contribution in [2.24, 2.45) is 0 Å². The molecular formula is C18H10BrF2N3O3. The lowest BCUT2D eigenvalue weighted by Gasteiger charge is -2.09. The number of fused-ring (bicyclic) bond motifs is 5. The van der Waals surface area contributed by atoms with Crippen LogP contribution in [-0.4, -0.2) is 21.3 Å². The van der Waals surface area contributed by atoms with E-state index in [2.05, 4.69) is 25.9 Å². The molecule has 1 N–H and O–H groups in total. The van der Waals surface area contributed by atoms with Gasteiger partial charge in [0.15, 0.2) is 11.5 Å². The number of hydrogen-bond acceptors (Lipinski definition) is 4. The van der Waals surface area contributed by atoms with Crippen LogP contribution < -0.4 is 15.2 Å². The standard InChI is InChI=1S/C18H10BrF2N3O3/c19-8-3-11(20)10(12(21)4-8)6-24-16-9-1-2-14-17(27-7-26-14)15(9)22-5-13(16)23-18(24)25/h1-5H,6-7H2,(H,23,25). The third kappa shape index (κ3) is 2.42. The van der Waals surface area contributed by atoms with Crippen LogP contribution in [0.3, 0.4) is 0 Å². The molecule has 0 radical (unpaired) electrons. The number of hydrogen-bond donors (Lipinski definition) is 1. The first-order valence-electron chi connectivity index (χ1n) is 7.96. The summed E-state index contributed by atoms with van der Waals surface area (Å²) < 4.78 is 41.0. The Kier molecular flexibility index (Phi) is 3.48. The number of imidazole rings is 1. The third-order valence-corrected chi connectivity index (χ3v) is 4.98. The van der Waals surface area contributed by atoms with Crippen molar-refractivity contribution in [2.45, 2.75) is 6.54 Å². The Morgan fingerprint density at radius 3 is 2.78 bits per heavy atom. The van der Waals surface area contributed by atoms with Crippen molar-refractivity contribution in [3.63, 3.8) is 0 Å². The van der Waals surface area contributed by atoms with Crippen LogP contribution in [0.5, 0.6) is 11.5 Å². The fourth-order valence-corrected chi connectivity index (χ4v) is 3.71. The molecule has 0 bridgehead atoms. The first kappa shape index (κ1) is 16.2. The predicted octanol–water partition coefficient (Wildman–Crippen LogP) is 3.70. The Balaban J connectivity index is 1.78. The highest BCUT2D eigenvalue weighted by molar-refractivity contribution is 9.10. The third-order valence-electron chi connectivity index (χ3n) is 4.52. The van der Waals surface area contributed by atoms with Crippen molar-refractivity contribution >= 4 is 37.9 Å². The number of nitrogens with zero attached hydrogens (tertiary/aromatic N) is 2. The molecule has 0 spiro atoms. The molecule has 2 aromatic heterocycles. The second-order valence-corrected chi connectivity index (χ2v) is 7.00. The molecule has 9 heteroatoms. The maximum atomic E-state index is 14.3. The number of pyridine rings is 1. The molecule has 0 saturated heterocycles. The van der Waals surface area contributed by atoms with Crippen LogP contribution in [0.25, 0.3) is 21.9 Å². The van der Waals surface area contributed by atoms with E-state index in [4.69, 9.17) is 9.47 Å². The average molecular weight is 434 g/mol. The summed E-state index contributed by atoms with van der Waals surface area (Å²) in [7, 11) is 0. The molecule has 0 aliphatic carbocycles. The lowest BCUT2D eigenvalue weighted by atomic mass is 10.1. The molecule has 1 aliphatic heterocycles. The zero-order chi connectivity index (χ0) is 18.7. The number of rotatable bonds is 2. The largest absolute Gasteiger partial charge is 0.454 e. The Labute approximate surface area is 158 Å². The molecule has 0 unspecified atom stereocenters. The van der Waals surface area contributed by atoms with Gasteiger partial charge in [0.2, 0.25) is 6.79 Å². The van der Waals surface area contributed by atoms with Gasteiger partial charge in [-0.2, -0.15) is 0 Å². The zero-order valence-electron chi connectivity index (χ0n) is 13.6. The predicted molar refractivity (Wildman–Crippen MR) is 97.1 cm³/mol. The summed E-state index contributed by atoms with van der Waals surface area (Å²) in [5.74, 6) is -0.433. The summed E-state index contributed by atoms with van der Waals surface area (Å²) in [4.78, 5) is 19.5. The van der Waals surface area contributed by atoms with Crippen molar-refractivity contribution in [1.82, 2.24) is 14.5 Å². The molecule has 1 aliphatic rings. The van der Waals surface area contributed by atoms with Gasteiger partial charge in [-0.3, -0.25) is 4.57 Å². The lowest BCUT2D eigenvalue weighted by molar-refractivity contribution is 0.174. The Morgan fingerprint density at radius 2 is 2.00 bits per heavy atom. The van der Waals surface area contributed by atoms with Crippen molar-refractivity contribution in [2.75, 3.05) is 6.79 Å². The van der Waals surface area contributed by atoms with Crippen LogP contribution in [-0.2, 0) is 6.54 Å². The van der Waals surface area contributed by atoms with E-state index >= 15 is 0 Å². The van der Waals surface area contributed by atoms with Gasteiger partial charge in [0.1, 0.15) is 17.2 Å². The zero-order valence-corrected chi connectivity index (χ0v) is 15.1. The Hall–Kier alpha value is -2.94. The Bertz CT molecular complexity index is 1280. The monoisotopic (exact) mass is 433 g/mol.